The van der Waals surface area contributed by atoms with Gasteiger partial charge in [-0.25, -0.2) is 12.7 Å². The molecule has 1 heterocycles. The smallest absolute Gasteiger partial charge is 0.269 e. The molecule has 0 fully saturated rings. The van der Waals surface area contributed by atoms with Gasteiger partial charge in [0, 0.05) is 10.2 Å². The molecular weight excluding hydrogens is 356 g/mol. The summed E-state index contributed by atoms with van der Waals surface area (Å²) in [6.45, 7) is -0.00477. The fourth-order valence-corrected chi connectivity index (χ4v) is 4.24. The number of fused-ring (bicyclic) bond motifs is 1. The lowest BCUT2D eigenvalue weighted by Gasteiger charge is -2.15. The maximum atomic E-state index is 12.4. The van der Waals surface area contributed by atoms with E-state index < -0.39 is 15.9 Å². The standard InChI is InChI=1S/C14H11BrN2O3S/c15-10-3-1-2-9(6-10)8-17-14(18)12-7-11(16)4-5-13(12)21(17,19)20/h1-7H,8,16H2. The molecule has 1 aliphatic heterocycles. The molecule has 1 amide bonds. The minimum Gasteiger partial charge on any atom is -0.399 e. The van der Waals surface area contributed by atoms with Crippen LogP contribution in [0.3, 0.4) is 0 Å². The van der Waals surface area contributed by atoms with Crippen LogP contribution < -0.4 is 5.73 Å². The molecule has 0 aromatic heterocycles. The van der Waals surface area contributed by atoms with Gasteiger partial charge in [-0.1, -0.05) is 28.1 Å². The molecule has 2 N–H and O–H groups in total. The molecule has 7 heteroatoms. The summed E-state index contributed by atoms with van der Waals surface area (Å²) in [6, 6.07) is 11.4. The van der Waals surface area contributed by atoms with Crippen molar-refractivity contribution in [3.8, 4) is 0 Å². The monoisotopic (exact) mass is 366 g/mol. The van der Waals surface area contributed by atoms with Crippen LogP contribution in [0.4, 0.5) is 5.69 Å². The average molecular weight is 367 g/mol. The van der Waals surface area contributed by atoms with Gasteiger partial charge in [-0.05, 0) is 35.9 Å². The number of nitrogens with two attached hydrogens (primary N) is 1. The number of carbonyl (C=O) groups excluding carboxylic acids is 1. The van der Waals surface area contributed by atoms with E-state index in [1.54, 1.807) is 18.2 Å². The summed E-state index contributed by atoms with van der Waals surface area (Å²) in [7, 11) is -3.81. The lowest BCUT2D eigenvalue weighted by molar-refractivity contribution is 0.0865. The number of amides is 1. The van der Waals surface area contributed by atoms with Gasteiger partial charge < -0.3 is 5.73 Å². The molecule has 1 aliphatic rings. The van der Waals surface area contributed by atoms with Crippen LogP contribution in [0.5, 0.6) is 0 Å². The van der Waals surface area contributed by atoms with E-state index in [1.165, 1.54) is 18.2 Å². The van der Waals surface area contributed by atoms with Gasteiger partial charge in [0.2, 0.25) is 0 Å². The Bertz CT molecular complexity index is 849. The van der Waals surface area contributed by atoms with E-state index in [0.717, 1.165) is 14.3 Å². The third kappa shape index (κ3) is 2.32. The summed E-state index contributed by atoms with van der Waals surface area (Å²) in [5, 5.41) is 0. The molecule has 0 spiro atoms. The number of hydrogen-bond acceptors (Lipinski definition) is 4. The van der Waals surface area contributed by atoms with Crippen LogP contribution in [0.15, 0.2) is 51.8 Å². The minimum absolute atomic E-state index is 0.00477. The highest BCUT2D eigenvalue weighted by molar-refractivity contribution is 9.10. The number of nitrogen functional groups attached to an aromatic ring is 1. The molecule has 0 saturated heterocycles. The van der Waals surface area contributed by atoms with Crippen molar-refractivity contribution in [2.45, 2.75) is 11.4 Å². The van der Waals surface area contributed by atoms with Crippen molar-refractivity contribution in [2.24, 2.45) is 0 Å². The molecule has 108 valence electrons. The number of benzene rings is 2. The number of nitrogens with zero attached hydrogens (tertiary/aromatic N) is 1. The van der Waals surface area contributed by atoms with E-state index in [9.17, 15) is 13.2 Å². The Hall–Kier alpha value is -1.86. The predicted octanol–water partition coefficient (Wildman–Crippen LogP) is 2.38. The van der Waals surface area contributed by atoms with Crippen molar-refractivity contribution in [3.05, 3.63) is 58.1 Å². The van der Waals surface area contributed by atoms with Gasteiger partial charge in [0.1, 0.15) is 4.90 Å². The maximum Gasteiger partial charge on any atom is 0.269 e. The first kappa shape index (κ1) is 14.1. The molecular formula is C14H11BrN2O3S. The highest BCUT2D eigenvalue weighted by Crippen LogP contribution is 2.32. The van der Waals surface area contributed by atoms with E-state index in [-0.39, 0.29) is 17.0 Å². The summed E-state index contributed by atoms with van der Waals surface area (Å²) in [5.41, 5.74) is 6.84. The number of carbonyl (C=O) groups is 1. The zero-order valence-electron chi connectivity index (χ0n) is 10.8. The van der Waals surface area contributed by atoms with Gasteiger partial charge in [0.15, 0.2) is 0 Å². The largest absolute Gasteiger partial charge is 0.399 e. The fourth-order valence-electron chi connectivity index (χ4n) is 2.26. The summed E-state index contributed by atoms with van der Waals surface area (Å²) in [4.78, 5) is 12.3. The van der Waals surface area contributed by atoms with Gasteiger partial charge in [0.25, 0.3) is 15.9 Å². The Kier molecular flexibility index (Phi) is 3.26. The Morgan fingerprint density at radius 2 is 1.90 bits per heavy atom. The third-order valence-electron chi connectivity index (χ3n) is 3.24. The molecule has 0 aliphatic carbocycles. The SMILES string of the molecule is Nc1ccc2c(c1)C(=O)N(Cc1cccc(Br)c1)S2(=O)=O. The molecule has 21 heavy (non-hydrogen) atoms. The van der Waals surface area contributed by atoms with E-state index in [4.69, 9.17) is 5.73 Å². The van der Waals surface area contributed by atoms with Gasteiger partial charge in [-0.15, -0.1) is 0 Å². The van der Waals surface area contributed by atoms with Crippen LogP contribution >= 0.6 is 15.9 Å². The second kappa shape index (κ2) is 4.85. The van der Waals surface area contributed by atoms with Crippen LogP contribution in [0.25, 0.3) is 0 Å². The van der Waals surface area contributed by atoms with Gasteiger partial charge in [-0.3, -0.25) is 4.79 Å². The first-order chi connectivity index (χ1) is 9.89. The minimum atomic E-state index is -3.81. The number of rotatable bonds is 2. The molecule has 0 unspecified atom stereocenters. The van der Waals surface area contributed by atoms with Crippen molar-refractivity contribution in [1.82, 2.24) is 4.31 Å². The van der Waals surface area contributed by atoms with Crippen LogP contribution in [-0.4, -0.2) is 18.6 Å². The molecule has 2 aromatic rings. The summed E-state index contributed by atoms with van der Waals surface area (Å²) < 4.78 is 26.6. The lowest BCUT2D eigenvalue weighted by Crippen LogP contribution is -2.29. The average Bonchev–Trinajstić information content (AvgIpc) is 2.60. The van der Waals surface area contributed by atoms with E-state index in [1.807, 2.05) is 6.07 Å². The topological polar surface area (TPSA) is 80.5 Å². The molecule has 0 atom stereocenters. The summed E-state index contributed by atoms with van der Waals surface area (Å²) in [5.74, 6) is -0.544. The number of halogens is 1. The first-order valence-corrected chi connectivity index (χ1v) is 8.34. The third-order valence-corrected chi connectivity index (χ3v) is 5.52. The van der Waals surface area contributed by atoms with Crippen molar-refractivity contribution in [3.63, 3.8) is 0 Å². The van der Waals surface area contributed by atoms with Gasteiger partial charge >= 0.3 is 0 Å². The zero-order chi connectivity index (χ0) is 15.2. The zero-order valence-corrected chi connectivity index (χ0v) is 13.2. The van der Waals surface area contributed by atoms with Crippen LogP contribution in [0.1, 0.15) is 15.9 Å². The van der Waals surface area contributed by atoms with E-state index >= 15 is 0 Å². The van der Waals surface area contributed by atoms with Crippen molar-refractivity contribution in [2.75, 3.05) is 5.73 Å². The lowest BCUT2D eigenvalue weighted by atomic mass is 10.1. The van der Waals surface area contributed by atoms with Crippen LogP contribution in [-0.2, 0) is 16.6 Å². The van der Waals surface area contributed by atoms with Crippen molar-refractivity contribution in [1.29, 1.82) is 0 Å². The van der Waals surface area contributed by atoms with Crippen LogP contribution in [0.2, 0.25) is 0 Å². The normalized spacial score (nSPS) is 16.0. The Morgan fingerprint density at radius 1 is 1.14 bits per heavy atom. The Morgan fingerprint density at radius 3 is 2.62 bits per heavy atom. The predicted molar refractivity (Wildman–Crippen MR) is 82.1 cm³/mol. The second-order valence-corrected chi connectivity index (χ2v) is 7.45. The van der Waals surface area contributed by atoms with Crippen molar-refractivity contribution < 1.29 is 13.2 Å². The summed E-state index contributed by atoms with van der Waals surface area (Å²) >= 11 is 3.32. The highest BCUT2D eigenvalue weighted by Gasteiger charge is 2.41. The Labute approximate surface area is 130 Å². The Balaban J connectivity index is 2.04. The molecule has 0 saturated carbocycles. The number of sulfonamides is 1. The maximum absolute atomic E-state index is 12.4. The van der Waals surface area contributed by atoms with E-state index in [0.29, 0.717) is 5.69 Å². The van der Waals surface area contributed by atoms with Crippen LogP contribution in [0, 0.1) is 0 Å². The van der Waals surface area contributed by atoms with Gasteiger partial charge in [0.05, 0.1) is 12.1 Å². The number of anilines is 1. The highest BCUT2D eigenvalue weighted by atomic mass is 79.9. The molecule has 0 radical (unpaired) electrons. The second-order valence-electron chi connectivity index (χ2n) is 4.70. The quantitative estimate of drug-likeness (QED) is 0.827. The summed E-state index contributed by atoms with van der Waals surface area (Å²) in [6.07, 6.45) is 0. The molecule has 3 rings (SSSR count). The number of hydrogen-bond donors (Lipinski definition) is 1. The van der Waals surface area contributed by atoms with Crippen molar-refractivity contribution >= 4 is 37.5 Å². The molecule has 5 nitrogen and oxygen atoms in total. The molecule has 2 aromatic carbocycles. The molecule has 0 bridgehead atoms. The fraction of sp³-hybridized carbons (Fsp3) is 0.0714. The van der Waals surface area contributed by atoms with E-state index in [2.05, 4.69) is 15.9 Å². The van der Waals surface area contributed by atoms with Gasteiger partial charge in [-0.2, -0.15) is 0 Å². The first-order valence-electron chi connectivity index (χ1n) is 6.10.